The van der Waals surface area contributed by atoms with Crippen LogP contribution in [0.25, 0.3) is 0 Å². The third-order valence-corrected chi connectivity index (χ3v) is 10.9. The molecule has 0 N–H and O–H groups in total. The number of benzene rings is 3. The van der Waals surface area contributed by atoms with Gasteiger partial charge < -0.3 is 9.47 Å². The molecule has 11 nitrogen and oxygen atoms in total. The zero-order valence-corrected chi connectivity index (χ0v) is 27.3. The zero-order valence-electron chi connectivity index (χ0n) is 24.8. The molecule has 0 aromatic heterocycles. The Morgan fingerprint density at radius 1 is 0.568 bits per heavy atom. The molecule has 0 radical (unpaired) electrons. The van der Waals surface area contributed by atoms with Gasteiger partial charge in [0.25, 0.3) is 30.4 Å². The van der Waals surface area contributed by atoms with Crippen molar-refractivity contribution < 1.29 is 47.3 Å². The Balaban J connectivity index is 1.42. The second-order valence-electron chi connectivity index (χ2n) is 10.7. The van der Waals surface area contributed by atoms with Gasteiger partial charge >= 0.3 is 0 Å². The molecular formula is C30H36O11S3. The highest BCUT2D eigenvalue weighted by Gasteiger charge is 2.45. The lowest BCUT2D eigenvalue weighted by molar-refractivity contribution is -0.170. The molecule has 0 unspecified atom stereocenters. The van der Waals surface area contributed by atoms with Gasteiger partial charge in [-0.15, -0.1) is 0 Å². The number of hydrogen-bond acceptors (Lipinski definition) is 11. The molecule has 240 valence electrons. The molecule has 44 heavy (non-hydrogen) atoms. The monoisotopic (exact) mass is 668 g/mol. The predicted octanol–water partition coefficient (Wildman–Crippen LogP) is 4.41. The number of aryl methyl sites for hydroxylation is 3. The Kier molecular flexibility index (Phi) is 10.7. The second-order valence-corrected chi connectivity index (χ2v) is 15.6. The maximum absolute atomic E-state index is 12.8. The first-order chi connectivity index (χ1) is 20.6. The van der Waals surface area contributed by atoms with Gasteiger partial charge in [-0.05, 0) is 70.5 Å². The van der Waals surface area contributed by atoms with Crippen LogP contribution in [0.1, 0.15) is 36.5 Å². The van der Waals surface area contributed by atoms with E-state index in [0.29, 0.717) is 0 Å². The quantitative estimate of drug-likeness (QED) is 0.178. The average molecular weight is 669 g/mol. The van der Waals surface area contributed by atoms with Crippen molar-refractivity contribution in [1.82, 2.24) is 0 Å². The lowest BCUT2D eigenvalue weighted by atomic mass is 10.2. The maximum atomic E-state index is 12.8. The van der Waals surface area contributed by atoms with Crippen LogP contribution in [0.2, 0.25) is 0 Å². The van der Waals surface area contributed by atoms with E-state index in [1.807, 2.05) is 20.8 Å². The second kappa shape index (κ2) is 13.7. The summed E-state index contributed by atoms with van der Waals surface area (Å²) in [5.74, 6) is -1.35. The molecule has 4 rings (SSSR count). The first-order valence-corrected chi connectivity index (χ1v) is 18.1. The SMILES string of the molecule is Cc1ccc(S(=O)(=O)OCCCC2(C)O[C@H](COS(=O)(=O)c3ccc(C)cc3)[C@@H](COS(=O)(=O)c3ccc(C)cc3)O2)cc1. The molecule has 1 aliphatic rings. The molecule has 3 aromatic carbocycles. The van der Waals surface area contributed by atoms with E-state index in [0.717, 1.165) is 16.7 Å². The van der Waals surface area contributed by atoms with Crippen LogP contribution >= 0.6 is 0 Å². The van der Waals surface area contributed by atoms with Crippen molar-refractivity contribution in [2.24, 2.45) is 0 Å². The summed E-state index contributed by atoms with van der Waals surface area (Å²) in [6.45, 7) is 5.92. The first kappa shape index (κ1) is 34.2. The minimum atomic E-state index is -4.16. The fourth-order valence-corrected chi connectivity index (χ4v) is 7.19. The van der Waals surface area contributed by atoms with Crippen molar-refractivity contribution in [3.05, 3.63) is 89.5 Å². The molecule has 0 amide bonds. The molecule has 0 spiro atoms. The maximum Gasteiger partial charge on any atom is 0.297 e. The third-order valence-electron chi connectivity index (χ3n) is 6.93. The fourth-order valence-electron chi connectivity index (χ4n) is 4.41. The topological polar surface area (TPSA) is 149 Å². The highest BCUT2D eigenvalue weighted by Crippen LogP contribution is 2.34. The summed E-state index contributed by atoms with van der Waals surface area (Å²) in [6, 6.07) is 18.5. The third kappa shape index (κ3) is 8.95. The summed E-state index contributed by atoms with van der Waals surface area (Å²) >= 11 is 0. The first-order valence-electron chi connectivity index (χ1n) is 13.8. The Morgan fingerprint density at radius 3 is 1.23 bits per heavy atom. The minimum Gasteiger partial charge on any atom is -0.342 e. The molecule has 0 aliphatic carbocycles. The number of hydrogen-bond donors (Lipinski definition) is 0. The Bertz CT molecular complexity index is 1650. The normalized spacial score (nSPS) is 18.8. The molecule has 3 aromatic rings. The van der Waals surface area contributed by atoms with Crippen LogP contribution in [0.3, 0.4) is 0 Å². The molecular weight excluding hydrogens is 633 g/mol. The van der Waals surface area contributed by atoms with Gasteiger partial charge in [-0.25, -0.2) is 0 Å². The largest absolute Gasteiger partial charge is 0.342 e. The van der Waals surface area contributed by atoms with E-state index in [1.165, 1.54) is 36.4 Å². The summed E-state index contributed by atoms with van der Waals surface area (Å²) in [5.41, 5.74) is 2.65. The lowest BCUT2D eigenvalue weighted by Gasteiger charge is -2.23. The van der Waals surface area contributed by atoms with Crippen molar-refractivity contribution in [1.29, 1.82) is 0 Å². The van der Waals surface area contributed by atoms with Crippen LogP contribution in [0, 0.1) is 20.8 Å². The summed E-state index contributed by atoms with van der Waals surface area (Å²) in [5, 5.41) is 0. The molecule has 1 heterocycles. The van der Waals surface area contributed by atoms with E-state index in [2.05, 4.69) is 0 Å². The molecule has 14 heteroatoms. The van der Waals surface area contributed by atoms with E-state index in [4.69, 9.17) is 22.0 Å². The van der Waals surface area contributed by atoms with Crippen molar-refractivity contribution in [2.75, 3.05) is 19.8 Å². The number of rotatable bonds is 14. The van der Waals surface area contributed by atoms with Gasteiger partial charge in [0.15, 0.2) is 5.79 Å². The summed E-state index contributed by atoms with van der Waals surface area (Å²) < 4.78 is 104. The van der Waals surface area contributed by atoms with Crippen molar-refractivity contribution >= 4 is 30.4 Å². The van der Waals surface area contributed by atoms with Gasteiger partial charge in [0.1, 0.15) is 12.2 Å². The summed E-state index contributed by atoms with van der Waals surface area (Å²) in [4.78, 5) is -0.0698. The lowest BCUT2D eigenvalue weighted by Crippen LogP contribution is -2.33. The molecule has 0 bridgehead atoms. The van der Waals surface area contributed by atoms with Gasteiger partial charge in [0, 0.05) is 6.42 Å². The zero-order chi connectivity index (χ0) is 32.2. The predicted molar refractivity (Wildman–Crippen MR) is 160 cm³/mol. The Hall–Kier alpha value is -2.69. The Morgan fingerprint density at radius 2 is 0.886 bits per heavy atom. The molecule has 1 fully saturated rings. The van der Waals surface area contributed by atoms with Crippen LogP contribution in [-0.2, 0) is 52.4 Å². The summed E-state index contributed by atoms with van der Waals surface area (Å²) in [7, 11) is -12.3. The molecule has 2 atom stereocenters. The fraction of sp³-hybridized carbons (Fsp3) is 0.400. The molecule has 1 saturated heterocycles. The van der Waals surface area contributed by atoms with Gasteiger partial charge in [0.05, 0.1) is 34.5 Å². The molecule has 0 saturated carbocycles. The molecule has 1 aliphatic heterocycles. The summed E-state index contributed by atoms with van der Waals surface area (Å²) in [6.07, 6.45) is -1.75. The van der Waals surface area contributed by atoms with E-state index in [-0.39, 0.29) is 34.1 Å². The average Bonchev–Trinajstić information content (AvgIpc) is 3.29. The van der Waals surface area contributed by atoms with E-state index in [1.54, 1.807) is 43.3 Å². The van der Waals surface area contributed by atoms with Gasteiger partial charge in [-0.3, -0.25) is 12.5 Å². The van der Waals surface area contributed by atoms with E-state index >= 15 is 0 Å². The Labute approximate surface area is 259 Å². The van der Waals surface area contributed by atoms with Crippen LogP contribution in [0.5, 0.6) is 0 Å². The van der Waals surface area contributed by atoms with Crippen LogP contribution in [0.4, 0.5) is 0 Å². The smallest absolute Gasteiger partial charge is 0.297 e. The highest BCUT2D eigenvalue weighted by atomic mass is 32.2. The van der Waals surface area contributed by atoms with E-state index < -0.39 is 61.6 Å². The van der Waals surface area contributed by atoms with Crippen molar-refractivity contribution in [3.8, 4) is 0 Å². The van der Waals surface area contributed by atoms with Crippen molar-refractivity contribution in [2.45, 2.75) is 73.2 Å². The standard InChI is InChI=1S/C30H36O11S3/c1-22-6-12-25(13-7-22)42(31,32)37-19-5-18-30(4)40-28(20-38-43(33,34)26-14-8-23(2)9-15-26)29(41-30)21-39-44(35,36)27-16-10-24(3)11-17-27/h6-17,28-29H,5,18-21H2,1-4H3/t28-,29-/m1/s1. The van der Waals surface area contributed by atoms with Gasteiger partial charge in [-0.2, -0.15) is 25.3 Å². The van der Waals surface area contributed by atoms with Gasteiger partial charge in [0.2, 0.25) is 0 Å². The van der Waals surface area contributed by atoms with Crippen molar-refractivity contribution in [3.63, 3.8) is 0 Å². The highest BCUT2D eigenvalue weighted by molar-refractivity contribution is 7.87. The number of ether oxygens (including phenoxy) is 2. The van der Waals surface area contributed by atoms with Crippen LogP contribution < -0.4 is 0 Å². The minimum absolute atomic E-state index is 0.0293. The van der Waals surface area contributed by atoms with Crippen LogP contribution in [0.15, 0.2) is 87.5 Å². The van der Waals surface area contributed by atoms with E-state index in [9.17, 15) is 25.3 Å². The van der Waals surface area contributed by atoms with Gasteiger partial charge in [-0.1, -0.05) is 53.1 Å². The van der Waals surface area contributed by atoms with Crippen LogP contribution in [-0.4, -0.2) is 63.1 Å².